The summed E-state index contributed by atoms with van der Waals surface area (Å²) in [5, 5.41) is 2.82. The molecule has 1 aromatic heterocycles. The fraction of sp³-hybridized carbons (Fsp3) is 0.154. The van der Waals surface area contributed by atoms with E-state index in [1.165, 1.54) is 0 Å². The summed E-state index contributed by atoms with van der Waals surface area (Å²) < 4.78 is 10.5. The zero-order valence-corrected chi connectivity index (χ0v) is 10.0. The summed E-state index contributed by atoms with van der Waals surface area (Å²) in [6.07, 6.45) is 0. The second-order valence-electron chi connectivity index (χ2n) is 3.61. The van der Waals surface area contributed by atoms with Gasteiger partial charge in [-0.15, -0.1) is 11.3 Å². The molecule has 3 rings (SSSR count). The summed E-state index contributed by atoms with van der Waals surface area (Å²) in [6, 6.07) is 5.68. The second-order valence-corrected chi connectivity index (χ2v) is 4.47. The third-order valence-corrected chi connectivity index (χ3v) is 3.18. The van der Waals surface area contributed by atoms with E-state index in [1.807, 2.05) is 30.5 Å². The minimum absolute atomic E-state index is 0.290. The Bertz CT molecular complexity index is 622. The molecule has 84 valence electrons. The van der Waals surface area contributed by atoms with Gasteiger partial charge < -0.3 is 9.47 Å². The van der Waals surface area contributed by atoms with Crippen LogP contribution >= 0.6 is 11.3 Å². The maximum Gasteiger partial charge on any atom is 0.231 e. The average Bonchev–Trinajstić information content (AvgIpc) is 2.94. The van der Waals surface area contributed by atoms with Gasteiger partial charge in [0.15, 0.2) is 16.5 Å². The van der Waals surface area contributed by atoms with Crippen molar-refractivity contribution in [3.8, 4) is 23.3 Å². The molecule has 0 saturated heterocycles. The van der Waals surface area contributed by atoms with Crippen LogP contribution < -0.4 is 9.47 Å². The molecule has 1 aromatic carbocycles. The van der Waals surface area contributed by atoms with E-state index in [4.69, 9.17) is 9.47 Å². The number of fused-ring (bicyclic) bond motifs is 1. The van der Waals surface area contributed by atoms with Gasteiger partial charge in [0.2, 0.25) is 6.79 Å². The Morgan fingerprint density at radius 2 is 2.12 bits per heavy atom. The van der Waals surface area contributed by atoms with Crippen LogP contribution in [-0.4, -0.2) is 11.8 Å². The molecule has 0 spiro atoms. The number of benzene rings is 1. The van der Waals surface area contributed by atoms with Crippen LogP contribution in [0.3, 0.4) is 0 Å². The minimum Gasteiger partial charge on any atom is -0.454 e. The molecule has 0 unspecified atom stereocenters. The number of ether oxygens (including phenoxy) is 2. The fourth-order valence-electron chi connectivity index (χ4n) is 1.51. The average molecular weight is 243 g/mol. The van der Waals surface area contributed by atoms with E-state index in [0.29, 0.717) is 0 Å². The van der Waals surface area contributed by atoms with Gasteiger partial charge in [0, 0.05) is 16.6 Å². The van der Waals surface area contributed by atoms with Crippen molar-refractivity contribution in [2.24, 2.45) is 0 Å². The van der Waals surface area contributed by atoms with Gasteiger partial charge in [0.05, 0.1) is 0 Å². The van der Waals surface area contributed by atoms with Crippen molar-refractivity contribution >= 4 is 11.3 Å². The van der Waals surface area contributed by atoms with Crippen LogP contribution in [0.5, 0.6) is 11.5 Å². The first-order valence-electron chi connectivity index (χ1n) is 5.15. The zero-order chi connectivity index (χ0) is 11.7. The molecule has 0 aliphatic carbocycles. The Hall–Kier alpha value is -1.99. The van der Waals surface area contributed by atoms with Crippen molar-refractivity contribution < 1.29 is 9.47 Å². The van der Waals surface area contributed by atoms with Gasteiger partial charge in [-0.25, -0.2) is 4.98 Å². The van der Waals surface area contributed by atoms with Gasteiger partial charge in [0.1, 0.15) is 0 Å². The van der Waals surface area contributed by atoms with Crippen LogP contribution in [0.2, 0.25) is 0 Å². The molecule has 0 amide bonds. The Labute approximate surface area is 103 Å². The lowest BCUT2D eigenvalue weighted by Gasteiger charge is -1.94. The molecule has 3 nitrogen and oxygen atoms in total. The smallest absolute Gasteiger partial charge is 0.231 e. The number of aromatic nitrogens is 1. The van der Waals surface area contributed by atoms with Crippen LogP contribution in [0.4, 0.5) is 0 Å². The standard InChI is InChI=1S/C13H9NO2S/c1-9-7-17-13(14-9)5-3-10-2-4-11-12(6-10)16-8-15-11/h2,4,6-7H,8H2,1H3. The van der Waals surface area contributed by atoms with Crippen molar-refractivity contribution in [3.63, 3.8) is 0 Å². The third kappa shape index (κ3) is 2.10. The van der Waals surface area contributed by atoms with Gasteiger partial charge >= 0.3 is 0 Å². The molecule has 0 radical (unpaired) electrons. The highest BCUT2D eigenvalue weighted by atomic mass is 32.1. The molecule has 17 heavy (non-hydrogen) atoms. The molecule has 2 aromatic rings. The molecular formula is C13H9NO2S. The number of rotatable bonds is 0. The molecule has 0 N–H and O–H groups in total. The highest BCUT2D eigenvalue weighted by molar-refractivity contribution is 7.10. The predicted octanol–water partition coefficient (Wildman–Crippen LogP) is 2.58. The summed E-state index contributed by atoms with van der Waals surface area (Å²) in [7, 11) is 0. The summed E-state index contributed by atoms with van der Waals surface area (Å²) in [4.78, 5) is 4.29. The largest absolute Gasteiger partial charge is 0.454 e. The summed E-state index contributed by atoms with van der Waals surface area (Å²) in [6.45, 7) is 2.25. The van der Waals surface area contributed by atoms with Crippen LogP contribution in [0.15, 0.2) is 23.6 Å². The first-order chi connectivity index (χ1) is 8.31. The van der Waals surface area contributed by atoms with E-state index in [0.717, 1.165) is 27.8 Å². The molecule has 4 heteroatoms. The number of thiazole rings is 1. The van der Waals surface area contributed by atoms with Gasteiger partial charge in [-0.1, -0.05) is 5.92 Å². The highest BCUT2D eigenvalue weighted by Gasteiger charge is 2.12. The molecular weight excluding hydrogens is 234 g/mol. The zero-order valence-electron chi connectivity index (χ0n) is 9.19. The lowest BCUT2D eigenvalue weighted by atomic mass is 10.2. The van der Waals surface area contributed by atoms with E-state index in [1.54, 1.807) is 11.3 Å². The first-order valence-corrected chi connectivity index (χ1v) is 6.03. The number of hydrogen-bond donors (Lipinski definition) is 0. The predicted molar refractivity (Wildman–Crippen MR) is 65.4 cm³/mol. The SMILES string of the molecule is Cc1csc(C#Cc2ccc3c(c2)OCO3)n1. The van der Waals surface area contributed by atoms with Crippen LogP contribution in [0.1, 0.15) is 16.3 Å². The van der Waals surface area contributed by atoms with Gasteiger partial charge in [-0.2, -0.15) is 0 Å². The maximum atomic E-state index is 5.29. The van der Waals surface area contributed by atoms with Gasteiger partial charge in [0.25, 0.3) is 0 Å². The van der Waals surface area contributed by atoms with Crippen LogP contribution in [0.25, 0.3) is 0 Å². The molecule has 0 atom stereocenters. The molecule has 1 aliphatic rings. The van der Waals surface area contributed by atoms with Gasteiger partial charge in [-0.3, -0.25) is 0 Å². The van der Waals surface area contributed by atoms with E-state index in [2.05, 4.69) is 16.8 Å². The monoisotopic (exact) mass is 243 g/mol. The topological polar surface area (TPSA) is 31.4 Å². The first kappa shape index (κ1) is 10.2. The second kappa shape index (κ2) is 4.11. The maximum absolute atomic E-state index is 5.29. The van der Waals surface area contributed by atoms with Gasteiger partial charge in [-0.05, 0) is 31.0 Å². The Balaban J connectivity index is 1.88. The lowest BCUT2D eigenvalue weighted by Crippen LogP contribution is -1.92. The Kier molecular flexibility index (Phi) is 2.46. The third-order valence-electron chi connectivity index (χ3n) is 2.31. The van der Waals surface area contributed by atoms with Crippen molar-refractivity contribution in [3.05, 3.63) is 39.8 Å². The van der Waals surface area contributed by atoms with E-state index in [-0.39, 0.29) is 6.79 Å². The quantitative estimate of drug-likeness (QED) is 0.666. The van der Waals surface area contributed by atoms with Crippen LogP contribution in [0, 0.1) is 18.8 Å². The Morgan fingerprint density at radius 1 is 1.24 bits per heavy atom. The molecule has 0 saturated carbocycles. The van der Waals surface area contributed by atoms with E-state index in [9.17, 15) is 0 Å². The molecule has 0 fully saturated rings. The summed E-state index contributed by atoms with van der Waals surface area (Å²) in [5.74, 6) is 7.64. The number of nitrogens with zero attached hydrogens (tertiary/aromatic N) is 1. The van der Waals surface area contributed by atoms with Crippen molar-refractivity contribution in [1.29, 1.82) is 0 Å². The van der Waals surface area contributed by atoms with Crippen molar-refractivity contribution in [1.82, 2.24) is 4.98 Å². The normalized spacial score (nSPS) is 12.1. The van der Waals surface area contributed by atoms with E-state index >= 15 is 0 Å². The van der Waals surface area contributed by atoms with Crippen molar-refractivity contribution in [2.75, 3.05) is 6.79 Å². The fourth-order valence-corrected chi connectivity index (χ4v) is 2.15. The molecule has 1 aliphatic heterocycles. The molecule has 0 bridgehead atoms. The molecule has 2 heterocycles. The number of hydrogen-bond acceptors (Lipinski definition) is 4. The summed E-state index contributed by atoms with van der Waals surface area (Å²) in [5.41, 5.74) is 1.91. The van der Waals surface area contributed by atoms with Crippen LogP contribution in [-0.2, 0) is 0 Å². The summed E-state index contributed by atoms with van der Waals surface area (Å²) >= 11 is 1.55. The van der Waals surface area contributed by atoms with E-state index < -0.39 is 0 Å². The van der Waals surface area contributed by atoms with Crippen molar-refractivity contribution in [2.45, 2.75) is 6.92 Å². The minimum atomic E-state index is 0.290. The highest BCUT2D eigenvalue weighted by Crippen LogP contribution is 2.32. The number of aryl methyl sites for hydroxylation is 1. The lowest BCUT2D eigenvalue weighted by molar-refractivity contribution is 0.174. The Morgan fingerprint density at radius 3 is 2.94 bits per heavy atom.